The minimum absolute atomic E-state index is 0.180. The number of rotatable bonds is 4. The van der Waals surface area contributed by atoms with Crippen molar-refractivity contribution in [1.29, 1.82) is 0 Å². The normalized spacial score (nSPS) is 45.9. The summed E-state index contributed by atoms with van der Waals surface area (Å²) in [5, 5.41) is 0. The standard InChI is InChI=1S/C9H17O6P/c1-6-7-8(15-16(3,10)11)9(14-6,4-12-2)5-13-7/h6-8H,4-5H2,1-3H3,(H,10,11)/p-1/t6-,7+,8?,9-/m0/s1. The van der Waals surface area contributed by atoms with Gasteiger partial charge in [-0.2, -0.15) is 0 Å². The zero-order valence-electron chi connectivity index (χ0n) is 9.54. The molecule has 0 radical (unpaired) electrons. The van der Waals surface area contributed by atoms with Crippen LogP contribution in [-0.2, 0) is 23.3 Å². The Balaban J connectivity index is 2.19. The summed E-state index contributed by atoms with van der Waals surface area (Å²) >= 11 is 0. The third-order valence-corrected chi connectivity index (χ3v) is 3.52. The van der Waals surface area contributed by atoms with Crippen LogP contribution in [-0.4, -0.2) is 50.9 Å². The number of fused-ring (bicyclic) bond motifs is 2. The van der Waals surface area contributed by atoms with Gasteiger partial charge in [0.2, 0.25) is 0 Å². The lowest BCUT2D eigenvalue weighted by molar-refractivity contribution is -0.206. The Hall–Kier alpha value is 0.0300. The van der Waals surface area contributed by atoms with Crippen LogP contribution in [0.1, 0.15) is 6.92 Å². The molecule has 0 aromatic rings. The second-order valence-corrected chi connectivity index (χ2v) is 6.15. The highest BCUT2D eigenvalue weighted by Crippen LogP contribution is 2.48. The molecule has 2 aliphatic heterocycles. The van der Waals surface area contributed by atoms with Crippen molar-refractivity contribution in [2.75, 3.05) is 27.0 Å². The number of hydrogen-bond donors (Lipinski definition) is 0. The third kappa shape index (κ3) is 2.06. The molecule has 0 aromatic carbocycles. The molecule has 2 saturated heterocycles. The van der Waals surface area contributed by atoms with Crippen molar-refractivity contribution in [2.45, 2.75) is 30.8 Å². The summed E-state index contributed by atoms with van der Waals surface area (Å²) in [5.41, 5.74) is -0.783. The summed E-state index contributed by atoms with van der Waals surface area (Å²) in [6, 6.07) is 0. The first kappa shape index (κ1) is 12.5. The average molecular weight is 251 g/mol. The Morgan fingerprint density at radius 2 is 2.31 bits per heavy atom. The van der Waals surface area contributed by atoms with Gasteiger partial charge >= 0.3 is 0 Å². The predicted molar refractivity (Wildman–Crippen MR) is 53.3 cm³/mol. The molecule has 2 unspecified atom stereocenters. The monoisotopic (exact) mass is 251 g/mol. The first-order chi connectivity index (χ1) is 7.38. The Bertz CT molecular complexity index is 315. The van der Waals surface area contributed by atoms with E-state index in [1.807, 2.05) is 6.92 Å². The Morgan fingerprint density at radius 1 is 1.62 bits per heavy atom. The van der Waals surface area contributed by atoms with E-state index in [0.717, 1.165) is 6.66 Å². The van der Waals surface area contributed by atoms with Crippen molar-refractivity contribution in [2.24, 2.45) is 0 Å². The minimum Gasteiger partial charge on any atom is -0.779 e. The molecular formula is C9H16O6P-. The van der Waals surface area contributed by atoms with E-state index < -0.39 is 19.3 Å². The summed E-state index contributed by atoms with van der Waals surface area (Å²) in [5.74, 6) is 0. The molecule has 0 aliphatic carbocycles. The Morgan fingerprint density at radius 3 is 2.81 bits per heavy atom. The molecule has 2 aliphatic rings. The summed E-state index contributed by atoms with van der Waals surface area (Å²) in [4.78, 5) is 11.2. The molecular weight excluding hydrogens is 235 g/mol. The van der Waals surface area contributed by atoms with Gasteiger partial charge in [0.1, 0.15) is 25.4 Å². The second kappa shape index (κ2) is 4.05. The summed E-state index contributed by atoms with van der Waals surface area (Å²) < 4.78 is 32.6. The highest BCUT2D eigenvalue weighted by Gasteiger charge is 2.61. The maximum atomic E-state index is 11.2. The van der Waals surface area contributed by atoms with Crippen LogP contribution in [0.15, 0.2) is 0 Å². The van der Waals surface area contributed by atoms with Crippen LogP contribution in [0.2, 0.25) is 0 Å². The smallest absolute Gasteiger partial charge is 0.144 e. The van der Waals surface area contributed by atoms with Gasteiger partial charge in [0.15, 0.2) is 0 Å². The van der Waals surface area contributed by atoms with Crippen molar-refractivity contribution in [3.63, 3.8) is 0 Å². The van der Waals surface area contributed by atoms with Gasteiger partial charge in [0.05, 0.1) is 19.3 Å². The highest BCUT2D eigenvalue weighted by atomic mass is 31.2. The van der Waals surface area contributed by atoms with Gasteiger partial charge in [0, 0.05) is 13.8 Å². The van der Waals surface area contributed by atoms with Gasteiger partial charge in [-0.25, -0.2) is 0 Å². The summed E-state index contributed by atoms with van der Waals surface area (Å²) in [6.45, 7) is 3.46. The van der Waals surface area contributed by atoms with Gasteiger partial charge in [0.25, 0.3) is 0 Å². The molecule has 5 atom stereocenters. The van der Waals surface area contributed by atoms with Crippen molar-refractivity contribution in [3.8, 4) is 0 Å². The van der Waals surface area contributed by atoms with E-state index in [4.69, 9.17) is 18.7 Å². The van der Waals surface area contributed by atoms with Crippen molar-refractivity contribution < 1.29 is 28.2 Å². The van der Waals surface area contributed by atoms with E-state index in [-0.39, 0.29) is 18.8 Å². The molecule has 0 saturated carbocycles. The van der Waals surface area contributed by atoms with Crippen LogP contribution in [0.25, 0.3) is 0 Å². The Labute approximate surface area is 94.4 Å². The van der Waals surface area contributed by atoms with E-state index in [2.05, 4.69) is 0 Å². The van der Waals surface area contributed by atoms with E-state index >= 15 is 0 Å². The van der Waals surface area contributed by atoms with Gasteiger partial charge in [-0.3, -0.25) is 0 Å². The SMILES string of the molecule is COC[C@]12CO[C@@H](C1OP(C)(=O)[O-])[C@H](C)O2. The topological polar surface area (TPSA) is 77.1 Å². The molecule has 0 amide bonds. The van der Waals surface area contributed by atoms with Gasteiger partial charge in [-0.05, 0) is 6.92 Å². The lowest BCUT2D eigenvalue weighted by Gasteiger charge is -2.31. The van der Waals surface area contributed by atoms with Crippen molar-refractivity contribution >= 4 is 7.60 Å². The van der Waals surface area contributed by atoms with Crippen LogP contribution < -0.4 is 4.89 Å². The second-order valence-electron chi connectivity index (χ2n) is 4.39. The molecule has 2 bridgehead atoms. The fourth-order valence-corrected chi connectivity index (χ4v) is 3.12. The lowest BCUT2D eigenvalue weighted by atomic mass is 10.00. The van der Waals surface area contributed by atoms with E-state index in [9.17, 15) is 9.46 Å². The van der Waals surface area contributed by atoms with Gasteiger partial charge < -0.3 is 28.2 Å². The summed E-state index contributed by atoms with van der Waals surface area (Å²) in [7, 11) is -2.27. The van der Waals surface area contributed by atoms with Crippen LogP contribution in [0.3, 0.4) is 0 Å². The quantitative estimate of drug-likeness (QED) is 0.642. The first-order valence-electron chi connectivity index (χ1n) is 5.13. The minimum atomic E-state index is -3.81. The van der Waals surface area contributed by atoms with Crippen LogP contribution in [0.5, 0.6) is 0 Å². The van der Waals surface area contributed by atoms with E-state index in [0.29, 0.717) is 6.61 Å². The summed E-state index contributed by atoms with van der Waals surface area (Å²) in [6.07, 6.45) is -1.12. The van der Waals surface area contributed by atoms with Gasteiger partial charge in [-0.15, -0.1) is 0 Å². The molecule has 0 N–H and O–H groups in total. The predicted octanol–water partition coefficient (Wildman–Crippen LogP) is -0.243. The fraction of sp³-hybridized carbons (Fsp3) is 1.00. The third-order valence-electron chi connectivity index (χ3n) is 2.91. The van der Waals surface area contributed by atoms with E-state index in [1.165, 1.54) is 7.11 Å². The molecule has 0 aromatic heterocycles. The highest BCUT2D eigenvalue weighted by molar-refractivity contribution is 7.50. The Kier molecular flexibility index (Phi) is 3.16. The van der Waals surface area contributed by atoms with Crippen LogP contribution in [0, 0.1) is 0 Å². The fourth-order valence-electron chi connectivity index (χ4n) is 2.39. The zero-order chi connectivity index (χ0) is 12.0. The molecule has 2 fully saturated rings. The molecule has 6 nitrogen and oxygen atoms in total. The lowest BCUT2D eigenvalue weighted by Crippen LogP contribution is -2.46. The molecule has 7 heteroatoms. The maximum absolute atomic E-state index is 11.2. The molecule has 0 spiro atoms. The van der Waals surface area contributed by atoms with Crippen molar-refractivity contribution in [1.82, 2.24) is 0 Å². The number of ether oxygens (including phenoxy) is 3. The number of methoxy groups -OCH3 is 1. The first-order valence-corrected chi connectivity index (χ1v) is 7.12. The molecule has 2 rings (SSSR count). The molecule has 16 heavy (non-hydrogen) atoms. The van der Waals surface area contributed by atoms with Crippen LogP contribution in [0.4, 0.5) is 0 Å². The zero-order valence-corrected chi connectivity index (χ0v) is 10.4. The van der Waals surface area contributed by atoms with Crippen molar-refractivity contribution in [3.05, 3.63) is 0 Å². The van der Waals surface area contributed by atoms with Gasteiger partial charge in [-0.1, -0.05) is 0 Å². The maximum Gasteiger partial charge on any atom is 0.144 e. The number of hydrogen-bond acceptors (Lipinski definition) is 6. The molecule has 2 heterocycles. The van der Waals surface area contributed by atoms with Crippen LogP contribution >= 0.6 is 7.60 Å². The largest absolute Gasteiger partial charge is 0.779 e. The molecule has 94 valence electrons. The average Bonchev–Trinajstić information content (AvgIpc) is 2.54. The van der Waals surface area contributed by atoms with E-state index in [1.54, 1.807) is 0 Å².